The van der Waals surface area contributed by atoms with Gasteiger partial charge in [0, 0.05) is 36.3 Å². The second kappa shape index (κ2) is 8.70. The Bertz CT molecular complexity index is 1540. The van der Waals surface area contributed by atoms with Crippen LogP contribution in [0, 0.1) is 11.3 Å². The molecule has 2 aliphatic rings. The molecule has 6 rings (SSSR count). The number of rotatable bonds is 6. The van der Waals surface area contributed by atoms with Crippen LogP contribution < -0.4 is 10.2 Å². The van der Waals surface area contributed by atoms with Crippen molar-refractivity contribution in [3.05, 3.63) is 82.8 Å². The molecule has 0 spiro atoms. The van der Waals surface area contributed by atoms with Gasteiger partial charge in [-0.05, 0) is 72.5 Å². The highest BCUT2D eigenvalue weighted by Gasteiger charge is 2.32. The number of fused-ring (bicyclic) bond motifs is 1. The van der Waals surface area contributed by atoms with Crippen molar-refractivity contribution in [1.82, 2.24) is 25.1 Å². The number of carbonyl (C=O) groups excluding carboxylic acids is 1. The molecule has 0 bridgehead atoms. The molecule has 2 aromatic carbocycles. The summed E-state index contributed by atoms with van der Waals surface area (Å²) in [6.45, 7) is 1.21. The molecule has 3 heterocycles. The lowest BCUT2D eigenvalue weighted by Gasteiger charge is -2.18. The predicted molar refractivity (Wildman–Crippen MR) is 136 cm³/mol. The number of benzene rings is 2. The van der Waals surface area contributed by atoms with Gasteiger partial charge in [-0.15, -0.1) is 10.2 Å². The van der Waals surface area contributed by atoms with Crippen molar-refractivity contribution in [3.8, 4) is 28.6 Å². The fourth-order valence-electron chi connectivity index (χ4n) is 4.84. The van der Waals surface area contributed by atoms with Gasteiger partial charge >= 0.3 is 0 Å². The lowest BCUT2D eigenvalue weighted by molar-refractivity contribution is 0.0996. The first kappa shape index (κ1) is 22.1. The summed E-state index contributed by atoms with van der Waals surface area (Å²) in [5.41, 5.74) is 7.07. The number of nitrogens with one attached hydrogen (secondary N) is 1. The second-order valence-electron chi connectivity index (χ2n) is 9.46. The minimum Gasteiger partial charge on any atom is -0.317 e. The molecule has 0 unspecified atom stereocenters. The molecule has 0 saturated heterocycles. The van der Waals surface area contributed by atoms with Crippen molar-refractivity contribution < 1.29 is 4.79 Å². The summed E-state index contributed by atoms with van der Waals surface area (Å²) in [5, 5.41) is 21.0. The van der Waals surface area contributed by atoms with E-state index in [-0.39, 0.29) is 5.91 Å². The third-order valence-electron chi connectivity index (χ3n) is 6.87. The molecular weight excluding hydrogens is 450 g/mol. The van der Waals surface area contributed by atoms with E-state index in [9.17, 15) is 10.1 Å². The molecular formula is C28H25N7O. The van der Waals surface area contributed by atoms with Gasteiger partial charge < -0.3 is 9.88 Å². The Kier molecular flexibility index (Phi) is 5.35. The lowest BCUT2D eigenvalue weighted by atomic mass is 9.96. The maximum absolute atomic E-state index is 13.5. The van der Waals surface area contributed by atoms with Crippen molar-refractivity contribution in [2.24, 2.45) is 7.05 Å². The van der Waals surface area contributed by atoms with Gasteiger partial charge in [0.25, 0.3) is 5.91 Å². The van der Waals surface area contributed by atoms with E-state index < -0.39 is 0 Å². The third-order valence-corrected chi connectivity index (χ3v) is 6.87. The average molecular weight is 476 g/mol. The highest BCUT2D eigenvalue weighted by molar-refractivity contribution is 6.10. The van der Waals surface area contributed by atoms with E-state index in [0.29, 0.717) is 36.2 Å². The number of pyridine rings is 1. The zero-order chi connectivity index (χ0) is 24.8. The van der Waals surface area contributed by atoms with Crippen molar-refractivity contribution >= 4 is 11.7 Å². The van der Waals surface area contributed by atoms with Gasteiger partial charge in [0.05, 0.1) is 18.2 Å². The Morgan fingerprint density at radius 1 is 1.08 bits per heavy atom. The van der Waals surface area contributed by atoms with Crippen LogP contribution >= 0.6 is 0 Å². The Labute approximate surface area is 209 Å². The van der Waals surface area contributed by atoms with Crippen LogP contribution in [-0.2, 0) is 20.1 Å². The van der Waals surface area contributed by atoms with Gasteiger partial charge in [-0.25, -0.2) is 4.98 Å². The summed E-state index contributed by atoms with van der Waals surface area (Å²) in [6.07, 6.45) is 3.84. The monoisotopic (exact) mass is 475 g/mol. The number of nitriles is 1. The van der Waals surface area contributed by atoms with Crippen molar-refractivity contribution in [1.29, 1.82) is 5.26 Å². The molecule has 0 radical (unpaired) electrons. The van der Waals surface area contributed by atoms with E-state index >= 15 is 0 Å². The van der Waals surface area contributed by atoms with E-state index in [2.05, 4.69) is 33.7 Å². The molecule has 1 fully saturated rings. The van der Waals surface area contributed by atoms with Gasteiger partial charge in [0.2, 0.25) is 0 Å². The number of hydrogen-bond donors (Lipinski definition) is 1. The number of nitrogens with zero attached hydrogens (tertiary/aromatic N) is 6. The molecule has 1 aliphatic carbocycles. The first-order valence-corrected chi connectivity index (χ1v) is 12.0. The van der Waals surface area contributed by atoms with E-state index in [1.54, 1.807) is 11.2 Å². The third kappa shape index (κ3) is 3.84. The summed E-state index contributed by atoms with van der Waals surface area (Å²) in [4.78, 5) is 20.2. The number of aryl methyl sites for hydroxylation is 1. The van der Waals surface area contributed by atoms with Crippen LogP contribution in [0.25, 0.3) is 22.5 Å². The molecule has 1 amide bonds. The molecule has 0 atom stereocenters. The molecule has 2 aromatic heterocycles. The van der Waals surface area contributed by atoms with Gasteiger partial charge in [-0.3, -0.25) is 9.69 Å². The first-order valence-electron chi connectivity index (χ1n) is 12.0. The second-order valence-corrected chi connectivity index (χ2v) is 9.46. The largest absolute Gasteiger partial charge is 0.317 e. The maximum Gasteiger partial charge on any atom is 0.260 e. The summed E-state index contributed by atoms with van der Waals surface area (Å²) in [7, 11) is 3.78. The van der Waals surface area contributed by atoms with Gasteiger partial charge in [-0.1, -0.05) is 18.2 Å². The molecule has 178 valence electrons. The smallest absolute Gasteiger partial charge is 0.260 e. The van der Waals surface area contributed by atoms with Crippen LogP contribution in [0.1, 0.15) is 51.5 Å². The molecule has 1 aliphatic heterocycles. The quantitative estimate of drug-likeness (QED) is 0.449. The normalized spacial score (nSPS) is 14.7. The van der Waals surface area contributed by atoms with E-state index in [4.69, 9.17) is 4.98 Å². The minimum atomic E-state index is -0.0253. The Morgan fingerprint density at radius 3 is 2.67 bits per heavy atom. The summed E-state index contributed by atoms with van der Waals surface area (Å²) < 4.78 is 1.84. The van der Waals surface area contributed by atoms with Crippen LogP contribution in [0.5, 0.6) is 0 Å². The highest BCUT2D eigenvalue weighted by atomic mass is 16.2. The number of amides is 1. The van der Waals surface area contributed by atoms with Gasteiger partial charge in [-0.2, -0.15) is 5.26 Å². The summed E-state index contributed by atoms with van der Waals surface area (Å²) in [5.74, 6) is 1.71. The number of anilines is 1. The SMILES string of the molecule is CNCc1ccc2c(c1)C(=O)N(c1cc(-c3ccc(C#N)cc3-c3nncn3C)cc(C3CC3)n1)C2. The lowest BCUT2D eigenvalue weighted by Crippen LogP contribution is -2.24. The van der Waals surface area contributed by atoms with Crippen molar-refractivity contribution in [2.75, 3.05) is 11.9 Å². The van der Waals surface area contributed by atoms with Crippen molar-refractivity contribution in [3.63, 3.8) is 0 Å². The van der Waals surface area contributed by atoms with Crippen LogP contribution in [0.4, 0.5) is 5.82 Å². The Morgan fingerprint density at radius 2 is 1.94 bits per heavy atom. The first-order chi connectivity index (χ1) is 17.6. The standard InChI is InChI=1S/C28H25N7O/c1-30-14-18-3-5-20-15-35(28(36)23(20)10-18)26-12-21(11-25(32-26)19-6-7-19)22-8-4-17(13-29)9-24(22)27-33-31-16-34(27)2/h3-5,8-12,16,19,30H,6-7,14-15H2,1-2H3. The van der Waals surface area contributed by atoms with Gasteiger partial charge in [0.1, 0.15) is 12.1 Å². The average Bonchev–Trinajstić information content (AvgIpc) is 3.59. The van der Waals surface area contributed by atoms with E-state index in [0.717, 1.165) is 51.9 Å². The molecule has 8 nitrogen and oxygen atoms in total. The number of carbonyl (C=O) groups is 1. The minimum absolute atomic E-state index is 0.0253. The topological polar surface area (TPSA) is 99.7 Å². The van der Waals surface area contributed by atoms with Crippen LogP contribution in [0.15, 0.2) is 54.9 Å². The zero-order valence-electron chi connectivity index (χ0n) is 20.2. The Hall–Kier alpha value is -4.35. The fraction of sp³-hybridized carbons (Fsp3) is 0.250. The number of aromatic nitrogens is 4. The van der Waals surface area contributed by atoms with Crippen LogP contribution in [0.3, 0.4) is 0 Å². The summed E-state index contributed by atoms with van der Waals surface area (Å²) >= 11 is 0. The summed E-state index contributed by atoms with van der Waals surface area (Å²) in [6, 6.07) is 18.0. The molecule has 1 N–H and O–H groups in total. The predicted octanol–water partition coefficient (Wildman–Crippen LogP) is 4.17. The highest BCUT2D eigenvalue weighted by Crippen LogP contribution is 2.43. The Balaban J connectivity index is 1.46. The number of hydrogen-bond acceptors (Lipinski definition) is 6. The van der Waals surface area contributed by atoms with Gasteiger partial charge in [0.15, 0.2) is 5.82 Å². The van der Waals surface area contributed by atoms with E-state index in [1.165, 1.54) is 0 Å². The fourth-order valence-corrected chi connectivity index (χ4v) is 4.84. The maximum atomic E-state index is 13.5. The molecule has 36 heavy (non-hydrogen) atoms. The van der Waals surface area contributed by atoms with E-state index in [1.807, 2.05) is 55.1 Å². The van der Waals surface area contributed by atoms with Crippen LogP contribution in [-0.4, -0.2) is 32.7 Å². The molecule has 8 heteroatoms. The molecule has 1 saturated carbocycles. The van der Waals surface area contributed by atoms with Crippen LogP contribution in [0.2, 0.25) is 0 Å². The van der Waals surface area contributed by atoms with Crippen molar-refractivity contribution in [2.45, 2.75) is 31.8 Å². The molecule has 4 aromatic rings. The zero-order valence-corrected chi connectivity index (χ0v) is 20.2.